The van der Waals surface area contributed by atoms with E-state index < -0.39 is 5.60 Å². The van der Waals surface area contributed by atoms with E-state index in [1.54, 1.807) is 31.7 Å². The van der Waals surface area contributed by atoms with Crippen LogP contribution in [0.4, 0.5) is 14.9 Å². The van der Waals surface area contributed by atoms with E-state index >= 15 is 0 Å². The Hall–Kier alpha value is -1.62. The summed E-state index contributed by atoms with van der Waals surface area (Å²) >= 11 is 0. The highest BCUT2D eigenvalue weighted by molar-refractivity contribution is 5.89. The van der Waals surface area contributed by atoms with Crippen LogP contribution in [0, 0.1) is 12.7 Å². The van der Waals surface area contributed by atoms with Crippen molar-refractivity contribution in [3.8, 4) is 0 Å². The zero-order valence-electron chi connectivity index (χ0n) is 12.1. The third-order valence-corrected chi connectivity index (χ3v) is 3.74. The highest BCUT2D eigenvalue weighted by atomic mass is 19.1. The monoisotopic (exact) mass is 280 g/mol. The molecular weight excluding hydrogens is 259 g/mol. The smallest absolute Gasteiger partial charge is 0.322 e. The second-order valence-electron chi connectivity index (χ2n) is 5.90. The molecule has 1 heterocycles. The van der Waals surface area contributed by atoms with Crippen LogP contribution >= 0.6 is 0 Å². The number of aryl methyl sites for hydroxylation is 1. The average molecular weight is 280 g/mol. The number of urea groups is 1. The van der Waals surface area contributed by atoms with Gasteiger partial charge in [-0.1, -0.05) is 0 Å². The molecule has 110 valence electrons. The van der Waals surface area contributed by atoms with Crippen LogP contribution in [0.2, 0.25) is 0 Å². The van der Waals surface area contributed by atoms with Crippen molar-refractivity contribution in [3.63, 3.8) is 0 Å². The minimum absolute atomic E-state index is 0.191. The molecule has 1 saturated heterocycles. The molecule has 1 fully saturated rings. The molecule has 0 spiro atoms. The Kier molecular flexibility index (Phi) is 3.99. The van der Waals surface area contributed by atoms with Gasteiger partial charge in [-0.15, -0.1) is 0 Å². The Labute approximate surface area is 118 Å². The van der Waals surface area contributed by atoms with Gasteiger partial charge in [-0.3, -0.25) is 0 Å². The van der Waals surface area contributed by atoms with Crippen molar-refractivity contribution in [3.05, 3.63) is 29.6 Å². The molecule has 0 aliphatic carbocycles. The molecule has 1 aliphatic heterocycles. The Bertz CT molecular complexity index is 511. The van der Waals surface area contributed by atoms with E-state index in [1.165, 1.54) is 12.1 Å². The molecule has 1 aromatic rings. The van der Waals surface area contributed by atoms with E-state index in [0.717, 1.165) is 12.8 Å². The molecule has 4 nitrogen and oxygen atoms in total. The second-order valence-corrected chi connectivity index (χ2v) is 5.90. The van der Waals surface area contributed by atoms with Crippen LogP contribution in [0.3, 0.4) is 0 Å². The van der Waals surface area contributed by atoms with E-state index in [0.29, 0.717) is 17.8 Å². The molecule has 2 amide bonds. The summed E-state index contributed by atoms with van der Waals surface area (Å²) in [5, 5.41) is 12.9. The number of anilines is 1. The molecule has 0 bridgehead atoms. The van der Waals surface area contributed by atoms with Crippen molar-refractivity contribution < 1.29 is 14.3 Å². The lowest BCUT2D eigenvalue weighted by molar-refractivity contribution is 0.0117. The first-order valence-corrected chi connectivity index (χ1v) is 6.85. The van der Waals surface area contributed by atoms with E-state index in [4.69, 9.17) is 0 Å². The van der Waals surface area contributed by atoms with Gasteiger partial charge in [0.15, 0.2) is 0 Å². The number of benzene rings is 1. The van der Waals surface area contributed by atoms with E-state index in [-0.39, 0.29) is 17.9 Å². The van der Waals surface area contributed by atoms with Crippen molar-refractivity contribution >= 4 is 11.7 Å². The molecule has 1 aromatic carbocycles. The predicted octanol–water partition coefficient (Wildman–Crippen LogP) is 2.90. The lowest BCUT2D eigenvalue weighted by Gasteiger charge is -2.33. The molecule has 1 atom stereocenters. The highest BCUT2D eigenvalue weighted by Gasteiger charge is 2.38. The van der Waals surface area contributed by atoms with Crippen LogP contribution < -0.4 is 5.32 Å². The summed E-state index contributed by atoms with van der Waals surface area (Å²) in [6.45, 7) is 5.71. The molecule has 0 radical (unpaired) electrons. The number of likely N-dealkylation sites (tertiary alicyclic amines) is 1. The number of halogens is 1. The van der Waals surface area contributed by atoms with Gasteiger partial charge >= 0.3 is 6.03 Å². The molecule has 2 N–H and O–H groups in total. The average Bonchev–Trinajstić information content (AvgIpc) is 2.83. The SMILES string of the molecule is Cc1cc(NC(=O)N2CCCC2C(C)(C)O)ccc1F. The summed E-state index contributed by atoms with van der Waals surface area (Å²) < 4.78 is 13.2. The molecule has 5 heteroatoms. The molecule has 2 rings (SSSR count). The maximum Gasteiger partial charge on any atom is 0.322 e. The van der Waals surface area contributed by atoms with Crippen LogP contribution in [0.25, 0.3) is 0 Å². The summed E-state index contributed by atoms with van der Waals surface area (Å²) in [4.78, 5) is 13.9. The topological polar surface area (TPSA) is 52.6 Å². The summed E-state index contributed by atoms with van der Waals surface area (Å²) in [7, 11) is 0. The van der Waals surface area contributed by atoms with Gasteiger partial charge in [0.05, 0.1) is 11.6 Å². The van der Waals surface area contributed by atoms with Crippen LogP contribution in [-0.4, -0.2) is 34.2 Å². The van der Waals surface area contributed by atoms with Gasteiger partial charge in [-0.2, -0.15) is 0 Å². The Morgan fingerprint density at radius 2 is 2.20 bits per heavy atom. The van der Waals surface area contributed by atoms with E-state index in [2.05, 4.69) is 5.32 Å². The van der Waals surface area contributed by atoms with Gasteiger partial charge in [0.2, 0.25) is 0 Å². The summed E-state index contributed by atoms with van der Waals surface area (Å²) in [5.74, 6) is -0.293. The second kappa shape index (κ2) is 5.40. The third kappa shape index (κ3) is 3.10. The number of amides is 2. The van der Waals surface area contributed by atoms with Crippen LogP contribution in [0.15, 0.2) is 18.2 Å². The molecule has 1 aliphatic rings. The van der Waals surface area contributed by atoms with Gasteiger partial charge in [0.25, 0.3) is 0 Å². The fraction of sp³-hybridized carbons (Fsp3) is 0.533. The van der Waals surface area contributed by atoms with Crippen LogP contribution in [0.5, 0.6) is 0 Å². The van der Waals surface area contributed by atoms with Gasteiger partial charge in [0.1, 0.15) is 5.82 Å². The normalized spacial score (nSPS) is 19.2. The predicted molar refractivity (Wildman–Crippen MR) is 76.2 cm³/mol. The van der Waals surface area contributed by atoms with Gasteiger partial charge in [0, 0.05) is 12.2 Å². The first-order valence-electron chi connectivity index (χ1n) is 6.85. The largest absolute Gasteiger partial charge is 0.388 e. The maximum atomic E-state index is 13.2. The lowest BCUT2D eigenvalue weighted by atomic mass is 9.97. The van der Waals surface area contributed by atoms with E-state index in [1.807, 2.05) is 0 Å². The van der Waals surface area contributed by atoms with Crippen molar-refractivity contribution in [1.82, 2.24) is 4.90 Å². The van der Waals surface area contributed by atoms with Crippen molar-refractivity contribution in [2.45, 2.75) is 45.3 Å². The van der Waals surface area contributed by atoms with Gasteiger partial charge in [-0.25, -0.2) is 9.18 Å². The molecule has 1 unspecified atom stereocenters. The molecule has 20 heavy (non-hydrogen) atoms. The number of nitrogens with zero attached hydrogens (tertiary/aromatic N) is 1. The summed E-state index contributed by atoms with van der Waals surface area (Å²) in [6, 6.07) is 4.03. The number of hydrogen-bond acceptors (Lipinski definition) is 2. The fourth-order valence-corrected chi connectivity index (χ4v) is 2.66. The number of nitrogens with one attached hydrogen (secondary N) is 1. The number of carbonyl (C=O) groups excluding carboxylic acids is 1. The fourth-order valence-electron chi connectivity index (χ4n) is 2.66. The maximum absolute atomic E-state index is 13.2. The lowest BCUT2D eigenvalue weighted by Crippen LogP contribution is -2.49. The van der Waals surface area contributed by atoms with Gasteiger partial charge < -0.3 is 15.3 Å². The first kappa shape index (κ1) is 14.8. The summed E-state index contributed by atoms with van der Waals surface area (Å²) in [5.41, 5.74) is 0.130. The zero-order chi connectivity index (χ0) is 14.9. The number of rotatable bonds is 2. The minimum Gasteiger partial charge on any atom is -0.388 e. The molecular formula is C15H21FN2O2. The summed E-state index contributed by atoms with van der Waals surface area (Å²) in [6.07, 6.45) is 1.67. The quantitative estimate of drug-likeness (QED) is 0.875. The van der Waals surface area contributed by atoms with Crippen molar-refractivity contribution in [2.75, 3.05) is 11.9 Å². The highest BCUT2D eigenvalue weighted by Crippen LogP contribution is 2.27. The minimum atomic E-state index is -0.924. The number of hydrogen-bond donors (Lipinski definition) is 2. The van der Waals surface area contributed by atoms with Crippen molar-refractivity contribution in [1.29, 1.82) is 0 Å². The standard InChI is InChI=1S/C15H21FN2O2/c1-10-9-11(6-7-12(10)16)17-14(19)18-8-4-5-13(18)15(2,3)20/h6-7,9,13,20H,4-5,8H2,1-3H3,(H,17,19). The molecule has 0 aromatic heterocycles. The Balaban J connectivity index is 2.09. The first-order chi connectivity index (χ1) is 9.29. The van der Waals surface area contributed by atoms with Crippen LogP contribution in [0.1, 0.15) is 32.3 Å². The Morgan fingerprint density at radius 1 is 1.50 bits per heavy atom. The number of carbonyl (C=O) groups is 1. The Morgan fingerprint density at radius 3 is 2.80 bits per heavy atom. The molecule has 0 saturated carbocycles. The van der Waals surface area contributed by atoms with Crippen LogP contribution in [-0.2, 0) is 0 Å². The van der Waals surface area contributed by atoms with Crippen molar-refractivity contribution in [2.24, 2.45) is 0 Å². The van der Waals surface area contributed by atoms with E-state index in [9.17, 15) is 14.3 Å². The number of aliphatic hydroxyl groups is 1. The van der Waals surface area contributed by atoms with Gasteiger partial charge in [-0.05, 0) is 57.4 Å². The zero-order valence-corrected chi connectivity index (χ0v) is 12.1. The third-order valence-electron chi connectivity index (χ3n) is 3.74.